The first kappa shape index (κ1) is 19.9. The van der Waals surface area contributed by atoms with Crippen molar-refractivity contribution in [3.05, 3.63) is 64.2 Å². The Morgan fingerprint density at radius 3 is 2.41 bits per heavy atom. The van der Waals surface area contributed by atoms with Gasteiger partial charge in [-0.15, -0.1) is 0 Å². The molecule has 7 heteroatoms. The van der Waals surface area contributed by atoms with Gasteiger partial charge in [0.1, 0.15) is 0 Å². The largest absolute Gasteiger partial charge is 0.336 e. The molecule has 5 nitrogen and oxygen atoms in total. The number of hydrogen-bond donors (Lipinski definition) is 0. The zero-order valence-electron chi connectivity index (χ0n) is 15.5. The number of nitrogens with zero attached hydrogens (tertiary/aromatic N) is 2. The maximum Gasteiger partial charge on any atom is 0.254 e. The van der Waals surface area contributed by atoms with Gasteiger partial charge in [0.15, 0.2) is 9.84 Å². The van der Waals surface area contributed by atoms with Crippen molar-refractivity contribution in [1.82, 2.24) is 9.80 Å². The maximum atomic E-state index is 12.9. The molecule has 1 heterocycles. The summed E-state index contributed by atoms with van der Waals surface area (Å²) in [6, 6.07) is 12.5. The van der Waals surface area contributed by atoms with Gasteiger partial charge in [0.05, 0.1) is 4.90 Å². The van der Waals surface area contributed by atoms with Gasteiger partial charge < -0.3 is 4.90 Å². The fourth-order valence-electron chi connectivity index (χ4n) is 3.24. The van der Waals surface area contributed by atoms with Crippen LogP contribution in [0, 0.1) is 6.92 Å². The number of piperazine rings is 1. The Hall–Kier alpha value is -1.89. The van der Waals surface area contributed by atoms with E-state index in [-0.39, 0.29) is 10.8 Å². The van der Waals surface area contributed by atoms with Crippen molar-refractivity contribution >= 4 is 27.3 Å². The van der Waals surface area contributed by atoms with E-state index in [9.17, 15) is 13.2 Å². The fraction of sp³-hybridized carbons (Fsp3) is 0.350. The highest BCUT2D eigenvalue weighted by molar-refractivity contribution is 7.90. The quantitative estimate of drug-likeness (QED) is 0.783. The molecule has 1 fully saturated rings. The minimum absolute atomic E-state index is 0.111. The third kappa shape index (κ3) is 4.89. The fourth-order valence-corrected chi connectivity index (χ4v) is 4.10. The van der Waals surface area contributed by atoms with E-state index < -0.39 is 9.84 Å². The van der Waals surface area contributed by atoms with Crippen molar-refractivity contribution in [3.8, 4) is 0 Å². The normalized spacial score (nSPS) is 15.7. The smallest absolute Gasteiger partial charge is 0.254 e. The van der Waals surface area contributed by atoms with Crippen LogP contribution in [0.1, 0.15) is 21.5 Å². The van der Waals surface area contributed by atoms with Gasteiger partial charge in [0.25, 0.3) is 5.91 Å². The van der Waals surface area contributed by atoms with Gasteiger partial charge in [0, 0.05) is 49.6 Å². The molecule has 1 saturated heterocycles. The van der Waals surface area contributed by atoms with Crippen molar-refractivity contribution in [2.45, 2.75) is 18.4 Å². The Labute approximate surface area is 165 Å². The van der Waals surface area contributed by atoms with Crippen LogP contribution in [0.4, 0.5) is 0 Å². The van der Waals surface area contributed by atoms with E-state index in [2.05, 4.69) is 4.90 Å². The molecular formula is C20H23ClN2O3S. The van der Waals surface area contributed by atoms with Crippen LogP contribution in [0.2, 0.25) is 5.02 Å². The summed E-state index contributed by atoms with van der Waals surface area (Å²) in [7, 11) is -3.34. The third-order valence-corrected chi connectivity index (χ3v) is 6.17. The zero-order chi connectivity index (χ0) is 19.6. The van der Waals surface area contributed by atoms with E-state index in [1.165, 1.54) is 6.07 Å². The summed E-state index contributed by atoms with van der Waals surface area (Å²) in [6.45, 7) is 5.38. The van der Waals surface area contributed by atoms with E-state index in [4.69, 9.17) is 11.6 Å². The standard InChI is InChI=1S/C20H23ClN2O3S/c1-15-6-7-18(27(2,25)26)13-19(15)20(24)23-10-8-22(9-11-23)14-16-4-3-5-17(21)12-16/h3-7,12-13H,8-11,14H2,1-2H3. The number of aryl methyl sites for hydroxylation is 1. The number of amides is 1. The molecule has 0 bridgehead atoms. The van der Waals surface area contributed by atoms with Gasteiger partial charge in [0.2, 0.25) is 0 Å². The van der Waals surface area contributed by atoms with Gasteiger partial charge in [-0.1, -0.05) is 29.8 Å². The van der Waals surface area contributed by atoms with Gasteiger partial charge in [-0.05, 0) is 42.3 Å². The second-order valence-corrected chi connectivity index (χ2v) is 9.40. The summed E-state index contributed by atoms with van der Waals surface area (Å²) >= 11 is 6.04. The van der Waals surface area contributed by atoms with Crippen LogP contribution in [0.5, 0.6) is 0 Å². The van der Waals surface area contributed by atoms with E-state index >= 15 is 0 Å². The Morgan fingerprint density at radius 1 is 1.07 bits per heavy atom. The summed E-state index contributed by atoms with van der Waals surface area (Å²) in [6.07, 6.45) is 1.15. The number of rotatable bonds is 4. The van der Waals surface area contributed by atoms with Crippen LogP contribution >= 0.6 is 11.6 Å². The summed E-state index contributed by atoms with van der Waals surface area (Å²) in [4.78, 5) is 17.2. The Morgan fingerprint density at radius 2 is 1.78 bits per heavy atom. The SMILES string of the molecule is Cc1ccc(S(C)(=O)=O)cc1C(=O)N1CCN(Cc2cccc(Cl)c2)CC1. The lowest BCUT2D eigenvalue weighted by Gasteiger charge is -2.35. The van der Waals surface area contributed by atoms with E-state index in [0.717, 1.165) is 42.0 Å². The molecule has 3 rings (SSSR count). The second kappa shape index (κ2) is 8.00. The zero-order valence-corrected chi connectivity index (χ0v) is 17.1. The highest BCUT2D eigenvalue weighted by atomic mass is 35.5. The van der Waals surface area contributed by atoms with Crippen molar-refractivity contribution in [3.63, 3.8) is 0 Å². The number of benzene rings is 2. The second-order valence-electron chi connectivity index (χ2n) is 6.95. The Kier molecular flexibility index (Phi) is 5.89. The molecule has 27 heavy (non-hydrogen) atoms. The molecule has 0 atom stereocenters. The molecule has 0 unspecified atom stereocenters. The minimum atomic E-state index is -3.34. The molecule has 1 amide bonds. The Bertz CT molecular complexity index is 951. The molecular weight excluding hydrogens is 384 g/mol. The number of sulfone groups is 1. The van der Waals surface area contributed by atoms with Crippen molar-refractivity contribution in [1.29, 1.82) is 0 Å². The van der Waals surface area contributed by atoms with Crippen molar-refractivity contribution in [2.75, 3.05) is 32.4 Å². The van der Waals surface area contributed by atoms with Gasteiger partial charge >= 0.3 is 0 Å². The first-order valence-electron chi connectivity index (χ1n) is 8.81. The number of halogens is 1. The summed E-state index contributed by atoms with van der Waals surface area (Å²) in [5.41, 5.74) is 2.40. The van der Waals surface area contributed by atoms with Crippen LogP contribution in [-0.4, -0.2) is 56.6 Å². The lowest BCUT2D eigenvalue weighted by molar-refractivity contribution is 0.0627. The lowest BCUT2D eigenvalue weighted by atomic mass is 10.1. The molecule has 0 aliphatic carbocycles. The van der Waals surface area contributed by atoms with E-state index in [1.54, 1.807) is 17.0 Å². The number of hydrogen-bond acceptors (Lipinski definition) is 4. The predicted molar refractivity (Wildman–Crippen MR) is 107 cm³/mol. The first-order valence-corrected chi connectivity index (χ1v) is 11.1. The maximum absolute atomic E-state index is 12.9. The van der Waals surface area contributed by atoms with Crippen LogP contribution in [0.15, 0.2) is 47.4 Å². The molecule has 0 spiro atoms. The lowest BCUT2D eigenvalue weighted by Crippen LogP contribution is -2.48. The molecule has 0 N–H and O–H groups in total. The third-order valence-electron chi connectivity index (χ3n) is 4.82. The van der Waals surface area contributed by atoms with Crippen LogP contribution < -0.4 is 0 Å². The first-order chi connectivity index (χ1) is 12.7. The number of carbonyl (C=O) groups excluding carboxylic acids is 1. The van der Waals surface area contributed by atoms with Gasteiger partial charge in [-0.25, -0.2) is 8.42 Å². The average molecular weight is 407 g/mol. The average Bonchev–Trinajstić information content (AvgIpc) is 2.61. The monoisotopic (exact) mass is 406 g/mol. The molecule has 2 aromatic carbocycles. The van der Waals surface area contributed by atoms with Crippen LogP contribution in [0.3, 0.4) is 0 Å². The molecule has 0 radical (unpaired) electrons. The highest BCUT2D eigenvalue weighted by Gasteiger charge is 2.24. The predicted octanol–water partition coefficient (Wildman–Crippen LogP) is 3.01. The summed E-state index contributed by atoms with van der Waals surface area (Å²) in [5.74, 6) is -0.111. The number of carbonyl (C=O) groups is 1. The van der Waals surface area contributed by atoms with Crippen LogP contribution in [0.25, 0.3) is 0 Å². The minimum Gasteiger partial charge on any atom is -0.336 e. The topological polar surface area (TPSA) is 57.7 Å². The van der Waals surface area contributed by atoms with Crippen LogP contribution in [-0.2, 0) is 16.4 Å². The molecule has 0 aromatic heterocycles. The molecule has 144 valence electrons. The Balaban J connectivity index is 1.67. The molecule has 1 aliphatic heterocycles. The van der Waals surface area contributed by atoms with Gasteiger partial charge in [-0.2, -0.15) is 0 Å². The van der Waals surface area contributed by atoms with E-state index in [1.807, 2.05) is 31.2 Å². The van der Waals surface area contributed by atoms with Gasteiger partial charge in [-0.3, -0.25) is 9.69 Å². The van der Waals surface area contributed by atoms with Crippen molar-refractivity contribution < 1.29 is 13.2 Å². The molecule has 0 saturated carbocycles. The van der Waals surface area contributed by atoms with E-state index in [0.29, 0.717) is 18.7 Å². The molecule has 1 aliphatic rings. The summed E-state index contributed by atoms with van der Waals surface area (Å²) < 4.78 is 23.6. The summed E-state index contributed by atoms with van der Waals surface area (Å²) in [5, 5.41) is 0.725. The molecule has 2 aromatic rings. The highest BCUT2D eigenvalue weighted by Crippen LogP contribution is 2.19. The van der Waals surface area contributed by atoms with Crippen molar-refractivity contribution in [2.24, 2.45) is 0 Å².